The molecule has 0 radical (unpaired) electrons. The monoisotopic (exact) mass is 250 g/mol. The molecule has 1 atom stereocenters. The van der Waals surface area contributed by atoms with Crippen LogP contribution in [0.1, 0.15) is 52.5 Å². The van der Waals surface area contributed by atoms with Gasteiger partial charge < -0.3 is 9.47 Å². The van der Waals surface area contributed by atoms with Crippen LogP contribution in [0.3, 0.4) is 0 Å². The lowest BCUT2D eigenvalue weighted by Crippen LogP contribution is -2.26. The Kier molecular flexibility index (Phi) is 4.76. The number of benzene rings is 1. The van der Waals surface area contributed by atoms with Crippen molar-refractivity contribution >= 4 is 6.16 Å². The van der Waals surface area contributed by atoms with Crippen LogP contribution in [0.25, 0.3) is 0 Å². The number of rotatable bonds is 3. The molecule has 0 N–H and O–H groups in total. The van der Waals surface area contributed by atoms with Crippen LogP contribution in [-0.2, 0) is 4.74 Å². The summed E-state index contributed by atoms with van der Waals surface area (Å²) in [6.07, 6.45) is 0.388. The minimum atomic E-state index is -0.663. The summed E-state index contributed by atoms with van der Waals surface area (Å²) in [5.41, 5.74) is 0.629. The summed E-state index contributed by atoms with van der Waals surface area (Å²) in [6, 6.07) is 7.57. The predicted octanol–water partition coefficient (Wildman–Crippen LogP) is 4.51. The molecule has 0 bridgehead atoms. The molecule has 0 aliphatic carbocycles. The van der Waals surface area contributed by atoms with Crippen LogP contribution in [0.5, 0.6) is 5.75 Å². The first kappa shape index (κ1) is 14.6. The Morgan fingerprint density at radius 3 is 2.56 bits per heavy atom. The summed E-state index contributed by atoms with van der Waals surface area (Å²) in [4.78, 5) is 11.5. The number of hydrogen-bond donors (Lipinski definition) is 0. The van der Waals surface area contributed by atoms with Crippen LogP contribution >= 0.6 is 0 Å². The van der Waals surface area contributed by atoms with Gasteiger partial charge in [-0.15, -0.1) is 0 Å². The molecule has 0 heterocycles. The van der Waals surface area contributed by atoms with E-state index in [4.69, 9.17) is 9.47 Å². The molecule has 3 nitrogen and oxygen atoms in total. The summed E-state index contributed by atoms with van der Waals surface area (Å²) in [5, 5.41) is 0. The largest absolute Gasteiger partial charge is 0.514 e. The summed E-state index contributed by atoms with van der Waals surface area (Å²) < 4.78 is 10.3. The fraction of sp³-hybridized carbons (Fsp3) is 0.533. The molecule has 1 aromatic carbocycles. The summed E-state index contributed by atoms with van der Waals surface area (Å²) in [5.74, 6) is 0.981. The van der Waals surface area contributed by atoms with Crippen molar-refractivity contribution in [2.24, 2.45) is 0 Å². The van der Waals surface area contributed by atoms with Gasteiger partial charge in [-0.25, -0.2) is 4.79 Å². The molecule has 1 aromatic rings. The zero-order valence-electron chi connectivity index (χ0n) is 11.8. The van der Waals surface area contributed by atoms with Crippen LogP contribution in [0.4, 0.5) is 4.79 Å². The lowest BCUT2D eigenvalue weighted by Gasteiger charge is -2.19. The van der Waals surface area contributed by atoms with Crippen LogP contribution in [0.15, 0.2) is 24.3 Å². The average molecular weight is 250 g/mol. The Hall–Kier alpha value is -1.51. The van der Waals surface area contributed by atoms with Crippen LogP contribution in [-0.4, -0.2) is 11.8 Å². The summed E-state index contributed by atoms with van der Waals surface area (Å²) in [6.45, 7) is 9.70. The van der Waals surface area contributed by atoms with Crippen molar-refractivity contribution in [3.8, 4) is 5.75 Å². The topological polar surface area (TPSA) is 35.5 Å². The summed E-state index contributed by atoms with van der Waals surface area (Å²) in [7, 11) is 0. The molecule has 3 heteroatoms. The third kappa shape index (κ3) is 4.78. The van der Waals surface area contributed by atoms with Gasteiger partial charge in [0.2, 0.25) is 0 Å². The fourth-order valence-corrected chi connectivity index (χ4v) is 1.49. The van der Waals surface area contributed by atoms with Crippen molar-refractivity contribution in [2.75, 3.05) is 0 Å². The predicted molar refractivity (Wildman–Crippen MR) is 72.0 cm³/mol. The second-order valence-corrected chi connectivity index (χ2v) is 5.45. The van der Waals surface area contributed by atoms with Crippen LogP contribution in [0, 0.1) is 0 Å². The van der Waals surface area contributed by atoms with Crippen molar-refractivity contribution in [1.82, 2.24) is 0 Å². The molecule has 0 amide bonds. The van der Waals surface area contributed by atoms with Gasteiger partial charge in [0.05, 0.1) is 0 Å². The molecule has 1 unspecified atom stereocenters. The highest BCUT2D eigenvalue weighted by Crippen LogP contribution is 2.23. The van der Waals surface area contributed by atoms with E-state index in [1.807, 2.05) is 39.0 Å². The Balaban J connectivity index is 2.71. The van der Waals surface area contributed by atoms with E-state index >= 15 is 0 Å². The molecule has 0 spiro atoms. The van der Waals surface area contributed by atoms with E-state index in [1.165, 1.54) is 5.56 Å². The fourth-order valence-electron chi connectivity index (χ4n) is 1.49. The molecule has 0 saturated heterocycles. The van der Waals surface area contributed by atoms with Crippen LogP contribution in [0.2, 0.25) is 0 Å². The molecule has 18 heavy (non-hydrogen) atoms. The first-order chi connectivity index (χ1) is 8.31. The van der Waals surface area contributed by atoms with Crippen molar-refractivity contribution in [1.29, 1.82) is 0 Å². The van der Waals surface area contributed by atoms with Gasteiger partial charge >= 0.3 is 6.16 Å². The maximum Gasteiger partial charge on any atom is 0.514 e. The second kappa shape index (κ2) is 5.89. The molecule has 0 aliphatic rings. The van der Waals surface area contributed by atoms with Gasteiger partial charge in [-0.3, -0.25) is 0 Å². The maximum absolute atomic E-state index is 11.5. The quantitative estimate of drug-likeness (QED) is 0.584. The minimum absolute atomic E-state index is 0.451. The zero-order valence-corrected chi connectivity index (χ0v) is 11.8. The third-order valence-corrected chi connectivity index (χ3v) is 2.63. The van der Waals surface area contributed by atoms with Gasteiger partial charge in [0.15, 0.2) is 0 Å². The SMILES string of the molecule is CCC(C)c1cccc(OC(=O)OC(C)(C)C)c1. The van der Waals surface area contributed by atoms with Crippen LogP contribution < -0.4 is 4.74 Å². The molecule has 0 fully saturated rings. The molecule has 0 aliphatic heterocycles. The van der Waals surface area contributed by atoms with Crippen molar-refractivity contribution < 1.29 is 14.3 Å². The Morgan fingerprint density at radius 1 is 1.33 bits per heavy atom. The lowest BCUT2D eigenvalue weighted by molar-refractivity contribution is 0.0206. The molecule has 1 rings (SSSR count). The van der Waals surface area contributed by atoms with E-state index in [0.29, 0.717) is 11.7 Å². The Morgan fingerprint density at radius 2 is 2.00 bits per heavy atom. The standard InChI is InChI=1S/C15H22O3/c1-6-11(2)12-8-7-9-13(10-12)17-14(16)18-15(3,4)5/h7-11H,6H2,1-5H3. The number of carbonyl (C=O) groups is 1. The first-order valence-electron chi connectivity index (χ1n) is 6.32. The van der Waals surface area contributed by atoms with Crippen molar-refractivity contribution in [2.45, 2.75) is 52.6 Å². The van der Waals surface area contributed by atoms with Gasteiger partial charge in [-0.2, -0.15) is 0 Å². The third-order valence-electron chi connectivity index (χ3n) is 2.63. The van der Waals surface area contributed by atoms with Crippen molar-refractivity contribution in [3.05, 3.63) is 29.8 Å². The highest BCUT2D eigenvalue weighted by Gasteiger charge is 2.18. The van der Waals surface area contributed by atoms with E-state index < -0.39 is 11.8 Å². The highest BCUT2D eigenvalue weighted by molar-refractivity contribution is 5.64. The smallest absolute Gasteiger partial charge is 0.428 e. The van der Waals surface area contributed by atoms with Gasteiger partial charge in [-0.05, 0) is 50.8 Å². The molecular weight excluding hydrogens is 228 g/mol. The molecule has 100 valence electrons. The van der Waals surface area contributed by atoms with E-state index in [0.717, 1.165) is 6.42 Å². The van der Waals surface area contributed by atoms with E-state index in [1.54, 1.807) is 6.07 Å². The first-order valence-corrected chi connectivity index (χ1v) is 6.32. The minimum Gasteiger partial charge on any atom is -0.428 e. The van der Waals surface area contributed by atoms with E-state index in [2.05, 4.69) is 13.8 Å². The molecule has 0 aromatic heterocycles. The average Bonchev–Trinajstić information content (AvgIpc) is 2.25. The summed E-state index contributed by atoms with van der Waals surface area (Å²) >= 11 is 0. The Bertz CT molecular complexity index is 404. The lowest BCUT2D eigenvalue weighted by atomic mass is 9.99. The number of hydrogen-bond acceptors (Lipinski definition) is 3. The zero-order chi connectivity index (χ0) is 13.8. The Labute approximate surface area is 109 Å². The van der Waals surface area contributed by atoms with Gasteiger partial charge in [0.1, 0.15) is 11.4 Å². The number of carbonyl (C=O) groups excluding carboxylic acids is 1. The highest BCUT2D eigenvalue weighted by atomic mass is 16.7. The normalized spacial score (nSPS) is 12.9. The van der Waals surface area contributed by atoms with Crippen molar-refractivity contribution in [3.63, 3.8) is 0 Å². The second-order valence-electron chi connectivity index (χ2n) is 5.45. The van der Waals surface area contributed by atoms with Gasteiger partial charge in [-0.1, -0.05) is 26.0 Å². The van der Waals surface area contributed by atoms with Gasteiger partial charge in [0.25, 0.3) is 0 Å². The number of ether oxygens (including phenoxy) is 2. The molecular formula is C15H22O3. The van der Waals surface area contributed by atoms with E-state index in [-0.39, 0.29) is 0 Å². The van der Waals surface area contributed by atoms with Gasteiger partial charge in [0, 0.05) is 0 Å². The van der Waals surface area contributed by atoms with E-state index in [9.17, 15) is 4.79 Å². The maximum atomic E-state index is 11.5. The molecule has 0 saturated carbocycles.